The summed E-state index contributed by atoms with van der Waals surface area (Å²) in [6.45, 7) is 8.09. The van der Waals surface area contributed by atoms with Gasteiger partial charge >= 0.3 is 0 Å². The third-order valence-corrected chi connectivity index (χ3v) is 9.24. The summed E-state index contributed by atoms with van der Waals surface area (Å²) in [5.41, 5.74) is 7.03. The van der Waals surface area contributed by atoms with Gasteiger partial charge < -0.3 is 4.57 Å². The van der Waals surface area contributed by atoms with Crippen LogP contribution in [0.3, 0.4) is 0 Å². The van der Waals surface area contributed by atoms with E-state index in [-0.39, 0.29) is 17.1 Å². The number of aryl methyl sites for hydroxylation is 5. The number of aromatic nitrogens is 3. The molecule has 1 aliphatic rings. The van der Waals surface area contributed by atoms with Gasteiger partial charge in [0, 0.05) is 28.9 Å². The normalized spacial score (nSPS) is 13.4. The van der Waals surface area contributed by atoms with Gasteiger partial charge in [-0.3, -0.25) is 14.2 Å². The van der Waals surface area contributed by atoms with Gasteiger partial charge in [0.1, 0.15) is 4.83 Å². The number of ketones is 1. The van der Waals surface area contributed by atoms with Crippen molar-refractivity contribution >= 4 is 39.1 Å². The van der Waals surface area contributed by atoms with Crippen LogP contribution in [0.25, 0.3) is 15.9 Å². The molecule has 0 fully saturated rings. The largest absolute Gasteiger partial charge is 0.351 e. The molecule has 176 valence electrons. The Morgan fingerprint density at radius 1 is 1.09 bits per heavy atom. The summed E-state index contributed by atoms with van der Waals surface area (Å²) in [7, 11) is 1.97. The van der Waals surface area contributed by atoms with Gasteiger partial charge in [-0.15, -0.1) is 11.3 Å². The highest BCUT2D eigenvalue weighted by molar-refractivity contribution is 7.99. The summed E-state index contributed by atoms with van der Waals surface area (Å²) < 4.78 is 3.75. The van der Waals surface area contributed by atoms with E-state index in [0.29, 0.717) is 5.16 Å². The number of hydrogen-bond donors (Lipinski definition) is 0. The quantitative estimate of drug-likeness (QED) is 0.199. The lowest BCUT2D eigenvalue weighted by Gasteiger charge is -2.14. The van der Waals surface area contributed by atoms with Gasteiger partial charge in [-0.2, -0.15) is 0 Å². The van der Waals surface area contributed by atoms with Gasteiger partial charge in [-0.1, -0.05) is 17.8 Å². The first-order valence-corrected chi connectivity index (χ1v) is 13.5. The Morgan fingerprint density at radius 3 is 2.56 bits per heavy atom. The van der Waals surface area contributed by atoms with Crippen molar-refractivity contribution in [3.8, 4) is 5.69 Å². The van der Waals surface area contributed by atoms with E-state index in [0.717, 1.165) is 64.1 Å². The lowest BCUT2D eigenvalue weighted by molar-refractivity contribution is 0.102. The van der Waals surface area contributed by atoms with Crippen LogP contribution in [-0.4, -0.2) is 25.7 Å². The summed E-state index contributed by atoms with van der Waals surface area (Å²) in [6.07, 6.45) is 4.24. The summed E-state index contributed by atoms with van der Waals surface area (Å²) in [5.74, 6) is 0.288. The van der Waals surface area contributed by atoms with Crippen LogP contribution in [0.4, 0.5) is 0 Å². The van der Waals surface area contributed by atoms with Crippen LogP contribution in [0.2, 0.25) is 0 Å². The minimum atomic E-state index is -0.0191. The molecule has 7 heteroatoms. The fraction of sp³-hybridized carbons (Fsp3) is 0.370. The van der Waals surface area contributed by atoms with Crippen molar-refractivity contribution in [2.45, 2.75) is 58.5 Å². The molecule has 1 aliphatic carbocycles. The average Bonchev–Trinajstić information content (AvgIpc) is 3.32. The summed E-state index contributed by atoms with van der Waals surface area (Å²) in [4.78, 5) is 34.1. The second-order valence-electron chi connectivity index (χ2n) is 9.25. The molecule has 5 rings (SSSR count). The molecule has 1 aromatic carbocycles. The highest BCUT2D eigenvalue weighted by Crippen LogP contribution is 2.35. The van der Waals surface area contributed by atoms with Crippen molar-refractivity contribution in [3.05, 3.63) is 73.1 Å². The van der Waals surface area contributed by atoms with Gasteiger partial charge in [0.25, 0.3) is 5.56 Å². The van der Waals surface area contributed by atoms with Gasteiger partial charge in [0.15, 0.2) is 10.9 Å². The van der Waals surface area contributed by atoms with Crippen LogP contribution >= 0.6 is 23.1 Å². The van der Waals surface area contributed by atoms with E-state index in [1.807, 2.05) is 49.7 Å². The first kappa shape index (κ1) is 23.1. The van der Waals surface area contributed by atoms with E-state index < -0.39 is 0 Å². The fourth-order valence-corrected chi connectivity index (χ4v) is 6.92. The van der Waals surface area contributed by atoms with Gasteiger partial charge in [-0.25, -0.2) is 4.98 Å². The van der Waals surface area contributed by atoms with E-state index in [1.165, 1.54) is 27.8 Å². The van der Waals surface area contributed by atoms with E-state index in [9.17, 15) is 9.59 Å². The molecule has 4 aromatic rings. The lowest BCUT2D eigenvalue weighted by Crippen LogP contribution is -2.23. The number of fused-ring (bicyclic) bond motifs is 3. The van der Waals surface area contributed by atoms with Crippen LogP contribution in [0.5, 0.6) is 0 Å². The molecule has 0 spiro atoms. The van der Waals surface area contributed by atoms with Gasteiger partial charge in [0.2, 0.25) is 0 Å². The van der Waals surface area contributed by atoms with Crippen molar-refractivity contribution in [1.29, 1.82) is 0 Å². The van der Waals surface area contributed by atoms with E-state index in [2.05, 4.69) is 13.8 Å². The Balaban J connectivity index is 1.62. The molecule has 5 nitrogen and oxygen atoms in total. The molecular formula is C27H29N3O2S2. The zero-order valence-electron chi connectivity index (χ0n) is 20.3. The third-order valence-electron chi connectivity index (χ3n) is 7.11. The van der Waals surface area contributed by atoms with Crippen LogP contribution in [0.15, 0.2) is 34.2 Å². The van der Waals surface area contributed by atoms with Crippen molar-refractivity contribution < 1.29 is 4.79 Å². The first-order chi connectivity index (χ1) is 16.3. The Labute approximate surface area is 207 Å². The fourth-order valence-electron chi connectivity index (χ4n) is 4.72. The number of benzene rings is 1. The van der Waals surface area contributed by atoms with Crippen molar-refractivity contribution in [2.24, 2.45) is 7.05 Å². The predicted molar refractivity (Wildman–Crippen MR) is 141 cm³/mol. The molecule has 0 unspecified atom stereocenters. The van der Waals surface area contributed by atoms with Crippen molar-refractivity contribution in [3.63, 3.8) is 0 Å². The molecule has 0 atom stereocenters. The van der Waals surface area contributed by atoms with Crippen LogP contribution in [0.1, 0.15) is 56.2 Å². The maximum absolute atomic E-state index is 13.9. The zero-order chi connectivity index (χ0) is 24.1. The highest BCUT2D eigenvalue weighted by atomic mass is 32.2. The van der Waals surface area contributed by atoms with Gasteiger partial charge in [-0.05, 0) is 88.3 Å². The van der Waals surface area contributed by atoms with E-state index in [4.69, 9.17) is 4.98 Å². The second-order valence-corrected chi connectivity index (χ2v) is 11.3. The predicted octanol–water partition coefficient (Wildman–Crippen LogP) is 5.87. The summed E-state index contributed by atoms with van der Waals surface area (Å²) in [5, 5.41) is 1.35. The molecule has 0 radical (unpaired) electrons. The summed E-state index contributed by atoms with van der Waals surface area (Å²) in [6, 6.07) is 8.00. The van der Waals surface area contributed by atoms with Crippen LogP contribution < -0.4 is 5.56 Å². The first-order valence-electron chi connectivity index (χ1n) is 11.7. The van der Waals surface area contributed by atoms with Crippen molar-refractivity contribution in [1.82, 2.24) is 14.1 Å². The van der Waals surface area contributed by atoms with Crippen LogP contribution in [-0.2, 0) is 19.9 Å². The molecule has 0 aliphatic heterocycles. The Bertz CT molecular complexity index is 1510. The van der Waals surface area contributed by atoms with Crippen molar-refractivity contribution in [2.75, 3.05) is 5.75 Å². The number of carbonyl (C=O) groups is 1. The van der Waals surface area contributed by atoms with Gasteiger partial charge in [0.05, 0.1) is 16.8 Å². The smallest absolute Gasteiger partial charge is 0.267 e. The lowest BCUT2D eigenvalue weighted by atomic mass is 9.97. The zero-order valence-corrected chi connectivity index (χ0v) is 22.0. The average molecular weight is 492 g/mol. The number of Topliss-reactive ketones (excluding diaryl/α,β-unsaturated/α-hetero) is 1. The molecule has 3 aromatic heterocycles. The number of rotatable bonds is 5. The minimum absolute atomic E-state index is 0.0191. The maximum atomic E-state index is 13.9. The molecule has 0 saturated heterocycles. The van der Waals surface area contributed by atoms with E-state index >= 15 is 0 Å². The molecule has 0 N–H and O–H groups in total. The Kier molecular flexibility index (Phi) is 6.02. The summed E-state index contributed by atoms with van der Waals surface area (Å²) >= 11 is 3.00. The van der Waals surface area contributed by atoms with Crippen LogP contribution in [0, 0.1) is 27.7 Å². The Morgan fingerprint density at radius 2 is 1.85 bits per heavy atom. The minimum Gasteiger partial charge on any atom is -0.351 e. The van der Waals surface area contributed by atoms with E-state index in [1.54, 1.807) is 15.9 Å². The number of nitrogens with zero attached hydrogens (tertiary/aromatic N) is 3. The Hall–Kier alpha value is -2.64. The maximum Gasteiger partial charge on any atom is 0.267 e. The molecule has 0 saturated carbocycles. The number of thioether (sulfide) groups is 1. The topological polar surface area (TPSA) is 56.9 Å². The second kappa shape index (κ2) is 8.86. The molecule has 34 heavy (non-hydrogen) atoms. The molecule has 3 heterocycles. The number of hydrogen-bond acceptors (Lipinski definition) is 5. The molecular weight excluding hydrogens is 462 g/mol. The molecule has 0 amide bonds. The monoisotopic (exact) mass is 491 g/mol. The number of carbonyl (C=O) groups excluding carboxylic acids is 1. The highest BCUT2D eigenvalue weighted by Gasteiger charge is 2.24. The third kappa shape index (κ3) is 3.85. The standard InChI is InChI=1S/C27H29N3O2S2/c1-15-10-11-19(12-16(15)2)30-26(32)24-20-8-6-7-9-23(20)34-25(24)28-27(30)33-14-22(31)21-13-17(3)29(5)18(21)4/h10-13H,6-9,14H2,1-5H3. The number of thiophene rings is 1. The molecule has 0 bridgehead atoms. The SMILES string of the molecule is Cc1ccc(-n2c(SCC(=O)c3cc(C)n(C)c3C)nc3sc4c(c3c2=O)CCCC4)cc1C.